The van der Waals surface area contributed by atoms with Crippen LogP contribution in [0, 0.1) is 0 Å². The van der Waals surface area contributed by atoms with Crippen LogP contribution in [0.1, 0.15) is 37.8 Å². The van der Waals surface area contributed by atoms with Gasteiger partial charge in [0.2, 0.25) is 17.7 Å². The second kappa shape index (κ2) is 13.2. The van der Waals surface area contributed by atoms with Gasteiger partial charge in [0.25, 0.3) is 0 Å². The molecule has 0 aliphatic carbocycles. The average Bonchev–Trinajstić information content (AvgIpc) is 3.06. The quantitative estimate of drug-likeness (QED) is 0.290. The van der Waals surface area contributed by atoms with E-state index in [0.717, 1.165) is 23.9 Å². The summed E-state index contributed by atoms with van der Waals surface area (Å²) in [5, 5.41) is 4.98. The van der Waals surface area contributed by atoms with E-state index in [0.29, 0.717) is 58.1 Å². The molecule has 11 heteroatoms. The van der Waals surface area contributed by atoms with Gasteiger partial charge in [-0.05, 0) is 37.0 Å². The first kappa shape index (κ1) is 26.6. The molecule has 0 bridgehead atoms. The fraction of sp³-hybridized carbons (Fsp3) is 0.583. The highest BCUT2D eigenvalue weighted by molar-refractivity contribution is 6.00. The Morgan fingerprint density at radius 1 is 1.03 bits per heavy atom. The largest absolute Gasteiger partial charge is 0.379 e. The predicted octanol–water partition coefficient (Wildman–Crippen LogP) is 0.436. The summed E-state index contributed by atoms with van der Waals surface area (Å²) in [4.78, 5) is 47.3. The van der Waals surface area contributed by atoms with Crippen LogP contribution in [0.15, 0.2) is 23.0 Å². The number of hydrogen-bond acceptors (Lipinski definition) is 7. The zero-order chi connectivity index (χ0) is 25.2. The molecule has 2 heterocycles. The number of imidazole rings is 1. The van der Waals surface area contributed by atoms with Crippen LogP contribution >= 0.6 is 0 Å². The van der Waals surface area contributed by atoms with Crippen LogP contribution in [0.3, 0.4) is 0 Å². The van der Waals surface area contributed by atoms with E-state index in [1.54, 1.807) is 11.6 Å². The first-order valence-electron chi connectivity index (χ1n) is 11.9. The molecule has 1 fully saturated rings. The molecule has 192 valence electrons. The maximum absolute atomic E-state index is 12.8. The van der Waals surface area contributed by atoms with Crippen molar-refractivity contribution in [2.24, 2.45) is 7.05 Å². The molecule has 3 amide bonds. The molecule has 1 atom stereocenters. The highest BCUT2D eigenvalue weighted by Crippen LogP contribution is 2.24. The Bertz CT molecular complexity index is 1090. The number of piperidine rings is 1. The van der Waals surface area contributed by atoms with Crippen molar-refractivity contribution in [3.63, 3.8) is 0 Å². The molecule has 1 saturated heterocycles. The normalized spacial score (nSPS) is 16.0. The number of ether oxygens (including phenoxy) is 3. The van der Waals surface area contributed by atoms with Crippen molar-refractivity contribution in [2.75, 3.05) is 46.2 Å². The lowest BCUT2D eigenvalue weighted by Crippen LogP contribution is -2.44. The van der Waals surface area contributed by atoms with E-state index in [1.807, 2.05) is 18.2 Å². The smallest absolute Gasteiger partial charge is 0.329 e. The summed E-state index contributed by atoms with van der Waals surface area (Å²) in [7, 11) is 1.69. The summed E-state index contributed by atoms with van der Waals surface area (Å²) >= 11 is 0. The van der Waals surface area contributed by atoms with Crippen molar-refractivity contribution in [3.05, 3.63) is 34.2 Å². The molecule has 3 rings (SSSR count). The lowest BCUT2D eigenvalue weighted by Gasteiger charge is -2.21. The number of imide groups is 1. The van der Waals surface area contributed by atoms with Gasteiger partial charge in [-0.1, -0.05) is 6.07 Å². The summed E-state index contributed by atoms with van der Waals surface area (Å²) in [6.07, 6.45) is 2.14. The Kier molecular flexibility index (Phi) is 10.0. The molecule has 2 N–H and O–H groups in total. The van der Waals surface area contributed by atoms with Crippen LogP contribution in [0.25, 0.3) is 11.0 Å². The number of amides is 3. The van der Waals surface area contributed by atoms with Crippen LogP contribution in [-0.2, 0) is 42.1 Å². The molecule has 0 spiro atoms. The zero-order valence-electron chi connectivity index (χ0n) is 20.3. The number of hydrogen-bond donors (Lipinski definition) is 2. The third-order valence-electron chi connectivity index (χ3n) is 5.79. The minimum Gasteiger partial charge on any atom is -0.379 e. The van der Waals surface area contributed by atoms with Crippen LogP contribution in [-0.4, -0.2) is 73.0 Å². The lowest BCUT2D eigenvalue weighted by atomic mass is 10.1. The molecule has 1 aliphatic heterocycles. The number of carbonyl (C=O) groups excluding carboxylic acids is 3. The van der Waals surface area contributed by atoms with Gasteiger partial charge in [0, 0.05) is 33.5 Å². The Morgan fingerprint density at radius 3 is 2.40 bits per heavy atom. The average molecular weight is 491 g/mol. The van der Waals surface area contributed by atoms with Crippen molar-refractivity contribution in [2.45, 2.75) is 38.6 Å². The Morgan fingerprint density at radius 2 is 1.71 bits per heavy atom. The molecule has 1 aromatic heterocycles. The van der Waals surface area contributed by atoms with E-state index >= 15 is 0 Å². The van der Waals surface area contributed by atoms with Crippen LogP contribution < -0.4 is 16.3 Å². The van der Waals surface area contributed by atoms with Gasteiger partial charge < -0.3 is 19.5 Å². The number of nitrogens with zero attached hydrogens (tertiary/aromatic N) is 2. The number of benzene rings is 1. The fourth-order valence-corrected chi connectivity index (χ4v) is 4.01. The number of rotatable bonds is 14. The second-order valence-electron chi connectivity index (χ2n) is 8.43. The lowest BCUT2D eigenvalue weighted by molar-refractivity contribution is -0.135. The summed E-state index contributed by atoms with van der Waals surface area (Å²) in [5.41, 5.74) is 2.24. The van der Waals surface area contributed by atoms with Crippen LogP contribution in [0.2, 0.25) is 0 Å². The summed E-state index contributed by atoms with van der Waals surface area (Å²) < 4.78 is 19.4. The molecular weight excluding hydrogens is 456 g/mol. The number of nitrogens with one attached hydrogen (secondary N) is 2. The van der Waals surface area contributed by atoms with Gasteiger partial charge in [-0.25, -0.2) is 4.79 Å². The SMILES string of the molecule is CC(=O)NCCOCCOCCOCCCc1ccc2c(c1)n(C)c(=O)n2C1CCC(=O)NC1=O. The highest BCUT2D eigenvalue weighted by atomic mass is 16.5. The number of carbonyl (C=O) groups is 3. The molecule has 35 heavy (non-hydrogen) atoms. The zero-order valence-corrected chi connectivity index (χ0v) is 20.3. The molecule has 0 radical (unpaired) electrons. The number of fused-ring (bicyclic) bond motifs is 1. The van der Waals surface area contributed by atoms with E-state index in [-0.39, 0.29) is 23.9 Å². The van der Waals surface area contributed by atoms with Gasteiger partial charge in [-0.3, -0.25) is 28.8 Å². The Labute approximate surface area is 203 Å². The summed E-state index contributed by atoms with van der Waals surface area (Å²) in [6.45, 7) is 4.93. The molecule has 1 aliphatic rings. The molecule has 0 saturated carbocycles. The third-order valence-corrected chi connectivity index (χ3v) is 5.79. The van der Waals surface area contributed by atoms with Crippen molar-refractivity contribution in [1.82, 2.24) is 19.8 Å². The standard InChI is InChI=1S/C24H34N4O7/c1-17(29)25-9-11-34-13-15-35-14-12-33-10-3-4-18-5-6-19-21(16-18)27(2)24(32)28(19)20-7-8-22(30)26-23(20)31/h5-6,16,20H,3-4,7-15H2,1-2H3,(H,25,29)(H,26,30,31). The van der Waals surface area contributed by atoms with Gasteiger partial charge in [0.1, 0.15) is 6.04 Å². The number of aryl methyl sites for hydroxylation is 2. The van der Waals surface area contributed by atoms with Gasteiger partial charge in [0.05, 0.1) is 44.1 Å². The van der Waals surface area contributed by atoms with E-state index in [2.05, 4.69) is 10.6 Å². The maximum Gasteiger partial charge on any atom is 0.329 e. The Balaban J connectivity index is 1.37. The monoisotopic (exact) mass is 490 g/mol. The molecule has 1 aromatic carbocycles. The molecule has 2 aromatic rings. The topological polar surface area (TPSA) is 130 Å². The van der Waals surface area contributed by atoms with Crippen LogP contribution in [0.5, 0.6) is 0 Å². The third kappa shape index (κ3) is 7.48. The fourth-order valence-electron chi connectivity index (χ4n) is 4.01. The van der Waals surface area contributed by atoms with Gasteiger partial charge >= 0.3 is 5.69 Å². The predicted molar refractivity (Wildman–Crippen MR) is 128 cm³/mol. The van der Waals surface area contributed by atoms with Crippen LogP contribution in [0.4, 0.5) is 0 Å². The van der Waals surface area contributed by atoms with Gasteiger partial charge in [-0.15, -0.1) is 0 Å². The number of aromatic nitrogens is 2. The highest BCUT2D eigenvalue weighted by Gasteiger charge is 2.31. The van der Waals surface area contributed by atoms with Crippen molar-refractivity contribution >= 4 is 28.8 Å². The summed E-state index contributed by atoms with van der Waals surface area (Å²) in [6, 6.07) is 5.11. The maximum atomic E-state index is 12.8. The van der Waals surface area contributed by atoms with Gasteiger partial charge in [-0.2, -0.15) is 0 Å². The Hall–Kier alpha value is -3.02. The van der Waals surface area contributed by atoms with E-state index in [9.17, 15) is 19.2 Å². The summed E-state index contributed by atoms with van der Waals surface area (Å²) in [5.74, 6) is -0.813. The first-order chi connectivity index (χ1) is 16.9. The van der Waals surface area contributed by atoms with E-state index < -0.39 is 11.9 Å². The molecular formula is C24H34N4O7. The van der Waals surface area contributed by atoms with Crippen molar-refractivity contribution < 1.29 is 28.6 Å². The second-order valence-corrected chi connectivity index (χ2v) is 8.43. The van der Waals surface area contributed by atoms with E-state index in [4.69, 9.17) is 14.2 Å². The van der Waals surface area contributed by atoms with Gasteiger partial charge in [0.15, 0.2) is 0 Å². The van der Waals surface area contributed by atoms with E-state index in [1.165, 1.54) is 11.5 Å². The molecule has 11 nitrogen and oxygen atoms in total. The molecule has 1 unspecified atom stereocenters. The first-order valence-corrected chi connectivity index (χ1v) is 11.9. The van der Waals surface area contributed by atoms with Crippen molar-refractivity contribution in [1.29, 1.82) is 0 Å². The minimum absolute atomic E-state index is 0.0722. The van der Waals surface area contributed by atoms with Crippen molar-refractivity contribution in [3.8, 4) is 0 Å². The minimum atomic E-state index is -0.680.